The lowest BCUT2D eigenvalue weighted by Crippen LogP contribution is -2.19. The van der Waals surface area contributed by atoms with E-state index in [2.05, 4.69) is 29.4 Å². The molecule has 2 heterocycles. The molecule has 1 saturated carbocycles. The maximum atomic E-state index is 5.67. The number of ether oxygens (including phenoxy) is 1. The first-order valence-electron chi connectivity index (χ1n) is 9.64. The summed E-state index contributed by atoms with van der Waals surface area (Å²) in [5.41, 5.74) is 5.29. The molecule has 0 unspecified atom stereocenters. The number of anilines is 1. The van der Waals surface area contributed by atoms with E-state index in [4.69, 9.17) is 9.84 Å². The lowest BCUT2D eigenvalue weighted by Gasteiger charge is -2.23. The highest BCUT2D eigenvalue weighted by Crippen LogP contribution is 2.43. The molecule has 1 aliphatic carbocycles. The molecule has 3 aromatic rings. The van der Waals surface area contributed by atoms with Gasteiger partial charge in [0.05, 0.1) is 30.4 Å². The maximum Gasteiger partial charge on any atom is 0.144 e. The fourth-order valence-corrected chi connectivity index (χ4v) is 3.61. The standard InChI is InChI=1S/C23H22N4O/c1-28-23-16-18(17-9-10-17)11-12-22(23)26-15-5-8-20(25-26)21-13-14-24-27(21)19-6-3-2-4-7-19/h2-7,11-17H,8-10H2,1H3. The Morgan fingerprint density at radius 3 is 2.68 bits per heavy atom. The van der Waals surface area contributed by atoms with Crippen molar-refractivity contribution in [2.24, 2.45) is 5.10 Å². The number of nitrogens with zero attached hydrogens (tertiary/aromatic N) is 4. The van der Waals surface area contributed by atoms with Crippen LogP contribution in [0, 0.1) is 0 Å². The van der Waals surface area contributed by atoms with Gasteiger partial charge in [0.2, 0.25) is 0 Å². The molecule has 5 rings (SSSR count). The van der Waals surface area contributed by atoms with Crippen molar-refractivity contribution in [3.63, 3.8) is 0 Å². The average Bonchev–Trinajstić information content (AvgIpc) is 3.50. The molecule has 1 aliphatic heterocycles. The summed E-state index contributed by atoms with van der Waals surface area (Å²) in [6.45, 7) is 0. The van der Waals surface area contributed by atoms with E-state index >= 15 is 0 Å². The molecule has 5 heteroatoms. The van der Waals surface area contributed by atoms with E-state index in [1.165, 1.54) is 18.4 Å². The number of hydrazone groups is 1. The molecule has 0 amide bonds. The topological polar surface area (TPSA) is 42.6 Å². The van der Waals surface area contributed by atoms with Crippen molar-refractivity contribution in [3.8, 4) is 11.4 Å². The van der Waals surface area contributed by atoms with Crippen LogP contribution in [-0.4, -0.2) is 22.6 Å². The number of benzene rings is 2. The van der Waals surface area contributed by atoms with Gasteiger partial charge in [0.1, 0.15) is 11.4 Å². The van der Waals surface area contributed by atoms with E-state index < -0.39 is 0 Å². The van der Waals surface area contributed by atoms with E-state index in [9.17, 15) is 0 Å². The van der Waals surface area contributed by atoms with Gasteiger partial charge >= 0.3 is 0 Å². The number of aromatic nitrogens is 2. The van der Waals surface area contributed by atoms with Gasteiger partial charge in [-0.3, -0.25) is 0 Å². The molecule has 2 aliphatic rings. The van der Waals surface area contributed by atoms with E-state index in [0.29, 0.717) is 5.92 Å². The molecule has 0 spiro atoms. The number of rotatable bonds is 5. The molecular weight excluding hydrogens is 348 g/mol. The molecule has 0 radical (unpaired) electrons. The Bertz CT molecular complexity index is 1050. The monoisotopic (exact) mass is 370 g/mol. The van der Waals surface area contributed by atoms with Gasteiger partial charge in [0.15, 0.2) is 0 Å². The number of para-hydroxylation sites is 1. The number of hydrogen-bond donors (Lipinski definition) is 0. The van der Waals surface area contributed by atoms with Gasteiger partial charge in [0, 0.05) is 12.6 Å². The molecular formula is C23H22N4O. The zero-order valence-electron chi connectivity index (χ0n) is 15.8. The number of hydrogen-bond acceptors (Lipinski definition) is 4. The molecule has 1 fully saturated rings. The highest BCUT2D eigenvalue weighted by atomic mass is 16.5. The first-order valence-corrected chi connectivity index (χ1v) is 9.64. The Morgan fingerprint density at radius 2 is 1.89 bits per heavy atom. The highest BCUT2D eigenvalue weighted by molar-refractivity contribution is 6.01. The van der Waals surface area contributed by atoms with Gasteiger partial charge < -0.3 is 4.74 Å². The summed E-state index contributed by atoms with van der Waals surface area (Å²) in [6.07, 6.45) is 9.26. The van der Waals surface area contributed by atoms with E-state index in [-0.39, 0.29) is 0 Å². The van der Waals surface area contributed by atoms with E-state index in [1.54, 1.807) is 7.11 Å². The van der Waals surface area contributed by atoms with Gasteiger partial charge in [-0.2, -0.15) is 10.2 Å². The third-order valence-electron chi connectivity index (χ3n) is 5.22. The molecule has 0 atom stereocenters. The minimum absolute atomic E-state index is 0.694. The molecule has 1 aromatic heterocycles. The van der Waals surface area contributed by atoms with Crippen molar-refractivity contribution in [1.82, 2.24) is 9.78 Å². The average molecular weight is 370 g/mol. The summed E-state index contributed by atoms with van der Waals surface area (Å²) in [4.78, 5) is 0. The number of methoxy groups -OCH3 is 1. The summed E-state index contributed by atoms with van der Waals surface area (Å²) in [5, 5.41) is 11.3. The van der Waals surface area contributed by atoms with Gasteiger partial charge in [-0.1, -0.05) is 30.3 Å². The smallest absolute Gasteiger partial charge is 0.144 e. The number of allylic oxidation sites excluding steroid dienone is 1. The van der Waals surface area contributed by atoms with Crippen LogP contribution < -0.4 is 9.75 Å². The predicted octanol–water partition coefficient (Wildman–Crippen LogP) is 4.89. The van der Waals surface area contributed by atoms with E-state index in [1.807, 2.05) is 58.5 Å². The predicted molar refractivity (Wildman–Crippen MR) is 111 cm³/mol. The van der Waals surface area contributed by atoms with Crippen LogP contribution in [0.5, 0.6) is 5.75 Å². The summed E-state index contributed by atoms with van der Waals surface area (Å²) in [5.74, 6) is 1.55. The molecule has 0 saturated heterocycles. The van der Waals surface area contributed by atoms with Crippen LogP contribution in [0.3, 0.4) is 0 Å². The summed E-state index contributed by atoms with van der Waals surface area (Å²) in [7, 11) is 1.72. The normalized spacial score (nSPS) is 16.2. The lowest BCUT2D eigenvalue weighted by molar-refractivity contribution is 0.414. The molecule has 0 N–H and O–H groups in total. The molecule has 2 aromatic carbocycles. The third-order valence-corrected chi connectivity index (χ3v) is 5.22. The minimum Gasteiger partial charge on any atom is -0.494 e. The van der Waals surface area contributed by atoms with Gasteiger partial charge in [-0.15, -0.1) is 0 Å². The van der Waals surface area contributed by atoms with E-state index in [0.717, 1.165) is 35.0 Å². The second-order valence-electron chi connectivity index (χ2n) is 7.15. The van der Waals surface area contributed by atoms with Gasteiger partial charge in [-0.05, 0) is 54.7 Å². The Labute approximate surface area is 164 Å². The molecule has 28 heavy (non-hydrogen) atoms. The summed E-state index contributed by atoms with van der Waals surface area (Å²) in [6, 6.07) is 18.6. The quantitative estimate of drug-likeness (QED) is 0.642. The van der Waals surface area contributed by atoms with Crippen molar-refractivity contribution in [2.75, 3.05) is 12.1 Å². The van der Waals surface area contributed by atoms with Crippen LogP contribution >= 0.6 is 0 Å². The Hall–Kier alpha value is -3.34. The largest absolute Gasteiger partial charge is 0.494 e. The van der Waals surface area contributed by atoms with Crippen molar-refractivity contribution in [1.29, 1.82) is 0 Å². The maximum absolute atomic E-state index is 5.67. The highest BCUT2D eigenvalue weighted by Gasteiger charge is 2.25. The Morgan fingerprint density at radius 1 is 1.04 bits per heavy atom. The van der Waals surface area contributed by atoms with Crippen LogP contribution in [0.4, 0.5) is 5.69 Å². The van der Waals surface area contributed by atoms with Crippen LogP contribution in [0.25, 0.3) is 5.69 Å². The molecule has 5 nitrogen and oxygen atoms in total. The van der Waals surface area contributed by atoms with Crippen LogP contribution in [0.1, 0.15) is 36.4 Å². The zero-order chi connectivity index (χ0) is 18.9. The Kier molecular flexibility index (Phi) is 4.20. The second kappa shape index (κ2) is 7.00. The minimum atomic E-state index is 0.694. The Balaban J connectivity index is 1.50. The third kappa shape index (κ3) is 3.09. The first kappa shape index (κ1) is 16.8. The van der Waals surface area contributed by atoms with Crippen molar-refractivity contribution >= 4 is 11.4 Å². The summed E-state index contributed by atoms with van der Waals surface area (Å²) < 4.78 is 7.61. The van der Waals surface area contributed by atoms with Gasteiger partial charge in [-0.25, -0.2) is 9.69 Å². The molecule has 0 bridgehead atoms. The zero-order valence-corrected chi connectivity index (χ0v) is 15.8. The fourth-order valence-electron chi connectivity index (χ4n) is 3.61. The summed E-state index contributed by atoms with van der Waals surface area (Å²) >= 11 is 0. The molecule has 140 valence electrons. The van der Waals surface area contributed by atoms with Crippen molar-refractivity contribution < 1.29 is 4.74 Å². The second-order valence-corrected chi connectivity index (χ2v) is 7.15. The lowest BCUT2D eigenvalue weighted by atomic mass is 10.1. The SMILES string of the molecule is COc1cc(C2CC2)ccc1N1C=CCC(c2ccnn2-c2ccccc2)=N1. The first-order chi connectivity index (χ1) is 13.8. The van der Waals surface area contributed by atoms with Crippen molar-refractivity contribution in [2.45, 2.75) is 25.2 Å². The van der Waals surface area contributed by atoms with Crippen LogP contribution in [-0.2, 0) is 0 Å². The van der Waals surface area contributed by atoms with Crippen molar-refractivity contribution in [3.05, 3.63) is 84.3 Å². The van der Waals surface area contributed by atoms with Gasteiger partial charge in [0.25, 0.3) is 0 Å². The van der Waals surface area contributed by atoms with Crippen LogP contribution in [0.2, 0.25) is 0 Å². The van der Waals surface area contributed by atoms with Crippen LogP contribution in [0.15, 0.2) is 78.2 Å². The fraction of sp³-hybridized carbons (Fsp3) is 0.217.